The standard InChI is InChI=1S/C23H38O3/c1-3-4-5-6-9-12-18(2)15-16-19-20-13-10-7-8-11-14-23(25)26-22(20)17-21(19)24/h7,10,19-22,24H,2-6,8-9,11-17H2,1H3/b10-7-/t19-,20-,21-,22+/m1/s1. The van der Waals surface area contributed by atoms with Gasteiger partial charge in [-0.05, 0) is 50.9 Å². The Morgan fingerprint density at radius 2 is 2.04 bits per heavy atom. The number of esters is 1. The highest BCUT2D eigenvalue weighted by Crippen LogP contribution is 2.41. The van der Waals surface area contributed by atoms with Gasteiger partial charge < -0.3 is 9.84 Å². The van der Waals surface area contributed by atoms with E-state index in [1.54, 1.807) is 0 Å². The second-order valence-corrected chi connectivity index (χ2v) is 8.21. The summed E-state index contributed by atoms with van der Waals surface area (Å²) >= 11 is 0. The third-order valence-electron chi connectivity index (χ3n) is 6.07. The molecular formula is C23H38O3. The number of hydrogen-bond acceptors (Lipinski definition) is 3. The number of carbonyl (C=O) groups excluding carboxylic acids is 1. The molecule has 1 fully saturated rings. The van der Waals surface area contributed by atoms with Crippen molar-refractivity contribution in [2.75, 3.05) is 0 Å². The number of ether oxygens (including phenoxy) is 1. The molecule has 0 amide bonds. The van der Waals surface area contributed by atoms with Gasteiger partial charge in [-0.3, -0.25) is 4.79 Å². The van der Waals surface area contributed by atoms with Gasteiger partial charge in [0.1, 0.15) is 6.10 Å². The van der Waals surface area contributed by atoms with Gasteiger partial charge in [0.05, 0.1) is 6.10 Å². The van der Waals surface area contributed by atoms with Crippen molar-refractivity contribution in [1.29, 1.82) is 0 Å². The van der Waals surface area contributed by atoms with E-state index in [2.05, 4.69) is 25.7 Å². The molecule has 4 atom stereocenters. The van der Waals surface area contributed by atoms with Crippen LogP contribution in [-0.2, 0) is 9.53 Å². The lowest BCUT2D eigenvalue weighted by Crippen LogP contribution is -2.26. The average Bonchev–Trinajstić information content (AvgIpc) is 2.90. The van der Waals surface area contributed by atoms with Gasteiger partial charge in [0, 0.05) is 18.8 Å². The van der Waals surface area contributed by atoms with Crippen LogP contribution in [0.25, 0.3) is 0 Å². The van der Waals surface area contributed by atoms with Gasteiger partial charge in [-0.1, -0.05) is 56.9 Å². The molecule has 0 aromatic heterocycles. The summed E-state index contributed by atoms with van der Waals surface area (Å²) in [5.41, 5.74) is 1.31. The Balaban J connectivity index is 1.82. The van der Waals surface area contributed by atoms with Crippen LogP contribution in [0.15, 0.2) is 24.3 Å². The van der Waals surface area contributed by atoms with Crippen molar-refractivity contribution in [3.8, 4) is 0 Å². The minimum absolute atomic E-state index is 0.0976. The van der Waals surface area contributed by atoms with Crippen LogP contribution in [0.2, 0.25) is 0 Å². The van der Waals surface area contributed by atoms with Gasteiger partial charge in [0.25, 0.3) is 0 Å². The van der Waals surface area contributed by atoms with E-state index in [9.17, 15) is 9.90 Å². The van der Waals surface area contributed by atoms with Crippen molar-refractivity contribution >= 4 is 5.97 Å². The SMILES string of the molecule is C=C(CCCCCCC)CC[C@@H]1[C@H]2C/C=C\CCCC(=O)O[C@H]2C[C@H]1O. The molecule has 2 rings (SSSR count). The maximum atomic E-state index is 12.0. The summed E-state index contributed by atoms with van der Waals surface area (Å²) in [5, 5.41) is 10.6. The molecule has 3 heteroatoms. The quantitative estimate of drug-likeness (QED) is 0.324. The maximum Gasteiger partial charge on any atom is 0.306 e. The Kier molecular flexibility index (Phi) is 9.45. The molecule has 1 aliphatic carbocycles. The van der Waals surface area contributed by atoms with E-state index in [1.807, 2.05) is 0 Å². The molecular weight excluding hydrogens is 324 g/mol. The van der Waals surface area contributed by atoms with E-state index in [0.717, 1.165) is 38.5 Å². The van der Waals surface area contributed by atoms with Crippen LogP contribution in [0.3, 0.4) is 0 Å². The first kappa shape index (κ1) is 21.2. The van der Waals surface area contributed by atoms with Crippen molar-refractivity contribution in [1.82, 2.24) is 0 Å². The molecule has 0 bridgehead atoms. The fraction of sp³-hybridized carbons (Fsp3) is 0.783. The van der Waals surface area contributed by atoms with E-state index >= 15 is 0 Å². The summed E-state index contributed by atoms with van der Waals surface area (Å²) in [5.74, 6) is 0.369. The molecule has 0 aromatic carbocycles. The highest BCUT2D eigenvalue weighted by atomic mass is 16.5. The van der Waals surface area contributed by atoms with Crippen LogP contribution in [0.1, 0.15) is 90.4 Å². The van der Waals surface area contributed by atoms with Gasteiger partial charge in [0.15, 0.2) is 0 Å². The van der Waals surface area contributed by atoms with E-state index in [0.29, 0.717) is 12.8 Å². The van der Waals surface area contributed by atoms with Crippen LogP contribution in [-0.4, -0.2) is 23.3 Å². The molecule has 1 N–H and O–H groups in total. The van der Waals surface area contributed by atoms with Crippen LogP contribution in [0.5, 0.6) is 0 Å². The Morgan fingerprint density at radius 1 is 1.23 bits per heavy atom. The lowest BCUT2D eigenvalue weighted by Gasteiger charge is -2.25. The van der Waals surface area contributed by atoms with Gasteiger partial charge in [-0.2, -0.15) is 0 Å². The lowest BCUT2D eigenvalue weighted by atomic mass is 9.85. The molecule has 148 valence electrons. The van der Waals surface area contributed by atoms with Gasteiger partial charge in [-0.25, -0.2) is 0 Å². The number of unbranched alkanes of at least 4 members (excludes halogenated alkanes) is 4. The highest BCUT2D eigenvalue weighted by Gasteiger charge is 2.43. The number of carbonyl (C=O) groups is 1. The van der Waals surface area contributed by atoms with Crippen LogP contribution in [0.4, 0.5) is 0 Å². The number of aliphatic hydroxyl groups excluding tert-OH is 1. The number of hydrogen-bond donors (Lipinski definition) is 1. The molecule has 1 heterocycles. The molecule has 3 nitrogen and oxygen atoms in total. The zero-order chi connectivity index (χ0) is 18.8. The smallest absolute Gasteiger partial charge is 0.306 e. The summed E-state index contributed by atoms with van der Waals surface area (Å²) in [6.07, 6.45) is 17.2. The van der Waals surface area contributed by atoms with E-state index in [1.165, 1.54) is 37.7 Å². The predicted molar refractivity (Wildman–Crippen MR) is 107 cm³/mol. The first-order chi connectivity index (χ1) is 12.6. The Morgan fingerprint density at radius 3 is 2.85 bits per heavy atom. The first-order valence-electron chi connectivity index (χ1n) is 10.8. The van der Waals surface area contributed by atoms with Gasteiger partial charge in [-0.15, -0.1) is 0 Å². The predicted octanol–water partition coefficient (Wildman–Crippen LogP) is 5.72. The van der Waals surface area contributed by atoms with Crippen molar-refractivity contribution in [3.05, 3.63) is 24.3 Å². The van der Waals surface area contributed by atoms with Crippen molar-refractivity contribution in [2.45, 2.75) is 103 Å². The second-order valence-electron chi connectivity index (χ2n) is 8.21. The summed E-state index contributed by atoms with van der Waals surface area (Å²) in [6, 6.07) is 0. The van der Waals surface area contributed by atoms with Crippen molar-refractivity contribution in [3.63, 3.8) is 0 Å². The molecule has 2 aliphatic rings. The summed E-state index contributed by atoms with van der Waals surface area (Å²) in [7, 11) is 0. The van der Waals surface area contributed by atoms with E-state index in [-0.39, 0.29) is 30.0 Å². The molecule has 0 radical (unpaired) electrons. The maximum absolute atomic E-state index is 12.0. The third-order valence-corrected chi connectivity index (χ3v) is 6.07. The molecule has 26 heavy (non-hydrogen) atoms. The minimum Gasteiger partial charge on any atom is -0.462 e. The van der Waals surface area contributed by atoms with Crippen LogP contribution < -0.4 is 0 Å². The van der Waals surface area contributed by atoms with Crippen LogP contribution in [0, 0.1) is 11.8 Å². The minimum atomic E-state index is -0.357. The fourth-order valence-corrected chi connectivity index (χ4v) is 4.45. The number of rotatable bonds is 9. The highest BCUT2D eigenvalue weighted by molar-refractivity contribution is 5.69. The zero-order valence-electron chi connectivity index (χ0n) is 16.6. The Hall–Kier alpha value is -1.09. The number of fused-ring (bicyclic) bond motifs is 1. The molecule has 0 aromatic rings. The topological polar surface area (TPSA) is 46.5 Å². The second kappa shape index (κ2) is 11.6. The summed E-state index contributed by atoms with van der Waals surface area (Å²) < 4.78 is 5.71. The zero-order valence-corrected chi connectivity index (χ0v) is 16.6. The fourth-order valence-electron chi connectivity index (χ4n) is 4.45. The monoisotopic (exact) mass is 362 g/mol. The summed E-state index contributed by atoms with van der Waals surface area (Å²) in [6.45, 7) is 6.50. The van der Waals surface area contributed by atoms with Crippen molar-refractivity contribution in [2.24, 2.45) is 11.8 Å². The van der Waals surface area contributed by atoms with Gasteiger partial charge in [0.2, 0.25) is 0 Å². The number of allylic oxidation sites excluding steroid dienone is 3. The first-order valence-corrected chi connectivity index (χ1v) is 10.8. The Labute approximate surface area is 159 Å². The molecule has 0 saturated heterocycles. The molecule has 1 aliphatic heterocycles. The van der Waals surface area contributed by atoms with E-state index < -0.39 is 0 Å². The normalized spacial score (nSPS) is 30.5. The third kappa shape index (κ3) is 6.90. The molecule has 1 saturated carbocycles. The van der Waals surface area contributed by atoms with Gasteiger partial charge >= 0.3 is 5.97 Å². The largest absolute Gasteiger partial charge is 0.462 e. The van der Waals surface area contributed by atoms with Crippen LogP contribution >= 0.6 is 0 Å². The molecule has 0 spiro atoms. The Bertz CT molecular complexity index is 468. The molecule has 0 unspecified atom stereocenters. The summed E-state index contributed by atoms with van der Waals surface area (Å²) in [4.78, 5) is 12.0. The number of aliphatic hydroxyl groups is 1. The lowest BCUT2D eigenvalue weighted by molar-refractivity contribution is -0.151. The van der Waals surface area contributed by atoms with Crippen molar-refractivity contribution < 1.29 is 14.6 Å². The average molecular weight is 363 g/mol. The van der Waals surface area contributed by atoms with E-state index in [4.69, 9.17) is 4.74 Å².